The van der Waals surface area contributed by atoms with E-state index in [2.05, 4.69) is 4.98 Å². The van der Waals surface area contributed by atoms with Crippen LogP contribution >= 0.6 is 0 Å². The Hall–Kier alpha value is -1.87. The number of benzene rings is 1. The molecule has 0 saturated carbocycles. The second-order valence-electron chi connectivity index (χ2n) is 3.77. The topological polar surface area (TPSA) is 59.1 Å². The van der Waals surface area contributed by atoms with E-state index < -0.39 is 6.10 Å². The summed E-state index contributed by atoms with van der Waals surface area (Å²) in [4.78, 5) is 4.14. The van der Waals surface area contributed by atoms with Gasteiger partial charge in [0.15, 0.2) is 0 Å². The number of nitrogens with two attached hydrogens (primary N) is 1. The lowest BCUT2D eigenvalue weighted by Crippen LogP contribution is -2.04. The average molecular weight is 214 g/mol. The molecule has 1 heterocycles. The van der Waals surface area contributed by atoms with Crippen molar-refractivity contribution in [3.8, 4) is 0 Å². The lowest BCUT2D eigenvalue weighted by Gasteiger charge is -2.13. The maximum absolute atomic E-state index is 10.2. The molecule has 2 aromatic rings. The quantitative estimate of drug-likeness (QED) is 0.752. The van der Waals surface area contributed by atoms with Gasteiger partial charge in [-0.25, -0.2) is 0 Å². The molecule has 0 bridgehead atoms. The third-order valence-corrected chi connectivity index (χ3v) is 2.57. The minimum absolute atomic E-state index is 0.635. The standard InChI is InChI=1S/C13H14N2O/c1-9-5-6-10(14)8-11(9)13(16)12-4-2-3-7-15-12/h2-8,13,16H,14H2,1H3. The van der Waals surface area contributed by atoms with Crippen LogP contribution in [0.4, 0.5) is 5.69 Å². The third-order valence-electron chi connectivity index (χ3n) is 2.57. The summed E-state index contributed by atoms with van der Waals surface area (Å²) in [5.41, 5.74) is 8.81. The first kappa shape index (κ1) is 10.6. The Morgan fingerprint density at radius 3 is 2.75 bits per heavy atom. The van der Waals surface area contributed by atoms with E-state index >= 15 is 0 Å². The second kappa shape index (κ2) is 4.33. The van der Waals surface area contributed by atoms with Gasteiger partial charge >= 0.3 is 0 Å². The first-order chi connectivity index (χ1) is 7.68. The Morgan fingerprint density at radius 1 is 1.25 bits per heavy atom. The number of hydrogen-bond acceptors (Lipinski definition) is 3. The van der Waals surface area contributed by atoms with Crippen molar-refractivity contribution in [2.75, 3.05) is 5.73 Å². The summed E-state index contributed by atoms with van der Waals surface area (Å²) in [6.07, 6.45) is 0.949. The summed E-state index contributed by atoms with van der Waals surface area (Å²) in [5.74, 6) is 0. The van der Waals surface area contributed by atoms with Crippen LogP contribution in [-0.2, 0) is 0 Å². The van der Waals surface area contributed by atoms with E-state index in [0.29, 0.717) is 11.4 Å². The molecular formula is C13H14N2O. The van der Waals surface area contributed by atoms with Gasteiger partial charge < -0.3 is 10.8 Å². The summed E-state index contributed by atoms with van der Waals surface area (Å²) in [6, 6.07) is 11.0. The summed E-state index contributed by atoms with van der Waals surface area (Å²) in [5, 5.41) is 10.2. The summed E-state index contributed by atoms with van der Waals surface area (Å²) >= 11 is 0. The fourth-order valence-electron chi connectivity index (χ4n) is 1.65. The van der Waals surface area contributed by atoms with Crippen LogP contribution in [0.3, 0.4) is 0 Å². The number of anilines is 1. The molecule has 3 N–H and O–H groups in total. The fraction of sp³-hybridized carbons (Fsp3) is 0.154. The monoisotopic (exact) mass is 214 g/mol. The molecule has 0 spiro atoms. The van der Waals surface area contributed by atoms with E-state index in [0.717, 1.165) is 11.1 Å². The van der Waals surface area contributed by atoms with Gasteiger partial charge in [-0.2, -0.15) is 0 Å². The number of hydrogen-bond donors (Lipinski definition) is 2. The van der Waals surface area contributed by atoms with Gasteiger partial charge in [0.05, 0.1) is 5.69 Å². The van der Waals surface area contributed by atoms with Crippen molar-refractivity contribution in [2.24, 2.45) is 0 Å². The molecule has 1 aromatic carbocycles. The van der Waals surface area contributed by atoms with E-state index in [1.165, 1.54) is 0 Å². The number of aliphatic hydroxyl groups excluding tert-OH is 1. The van der Waals surface area contributed by atoms with Crippen molar-refractivity contribution in [1.29, 1.82) is 0 Å². The van der Waals surface area contributed by atoms with Gasteiger partial charge in [-0.3, -0.25) is 4.98 Å². The van der Waals surface area contributed by atoms with Gasteiger partial charge in [0.2, 0.25) is 0 Å². The predicted molar refractivity (Wildman–Crippen MR) is 63.9 cm³/mol. The highest BCUT2D eigenvalue weighted by molar-refractivity contribution is 5.46. The zero-order valence-electron chi connectivity index (χ0n) is 9.09. The molecule has 2 rings (SSSR count). The third kappa shape index (κ3) is 2.04. The zero-order chi connectivity index (χ0) is 11.5. The largest absolute Gasteiger partial charge is 0.399 e. The van der Waals surface area contributed by atoms with Gasteiger partial charge in [0.1, 0.15) is 6.10 Å². The molecular weight excluding hydrogens is 200 g/mol. The van der Waals surface area contributed by atoms with Crippen molar-refractivity contribution in [3.05, 3.63) is 59.4 Å². The molecule has 82 valence electrons. The van der Waals surface area contributed by atoms with Gasteiger partial charge in [-0.05, 0) is 42.3 Å². The smallest absolute Gasteiger partial charge is 0.121 e. The van der Waals surface area contributed by atoms with Crippen LogP contribution in [0, 0.1) is 6.92 Å². The maximum atomic E-state index is 10.2. The summed E-state index contributed by atoms with van der Waals surface area (Å²) in [6.45, 7) is 1.95. The Balaban J connectivity index is 2.41. The molecule has 0 fully saturated rings. The Labute approximate surface area is 94.6 Å². The molecule has 1 aromatic heterocycles. The van der Waals surface area contributed by atoms with Crippen molar-refractivity contribution in [3.63, 3.8) is 0 Å². The summed E-state index contributed by atoms with van der Waals surface area (Å²) < 4.78 is 0. The van der Waals surface area contributed by atoms with Crippen LogP contribution in [0.5, 0.6) is 0 Å². The van der Waals surface area contributed by atoms with E-state index in [-0.39, 0.29) is 0 Å². The maximum Gasteiger partial charge on any atom is 0.121 e. The van der Waals surface area contributed by atoms with Crippen molar-refractivity contribution < 1.29 is 5.11 Å². The SMILES string of the molecule is Cc1ccc(N)cc1C(O)c1ccccn1. The minimum atomic E-state index is -0.718. The molecule has 3 heteroatoms. The highest BCUT2D eigenvalue weighted by atomic mass is 16.3. The van der Waals surface area contributed by atoms with Crippen molar-refractivity contribution in [1.82, 2.24) is 4.98 Å². The second-order valence-corrected chi connectivity index (χ2v) is 3.77. The first-order valence-corrected chi connectivity index (χ1v) is 5.13. The lowest BCUT2D eigenvalue weighted by atomic mass is 10.00. The van der Waals surface area contributed by atoms with Crippen molar-refractivity contribution in [2.45, 2.75) is 13.0 Å². The number of nitrogen functional groups attached to an aromatic ring is 1. The van der Waals surface area contributed by atoms with Crippen LogP contribution in [-0.4, -0.2) is 10.1 Å². The normalized spacial score (nSPS) is 12.4. The number of aliphatic hydroxyl groups is 1. The van der Waals surface area contributed by atoms with Crippen LogP contribution in [0.15, 0.2) is 42.6 Å². The van der Waals surface area contributed by atoms with Gasteiger partial charge in [-0.15, -0.1) is 0 Å². The fourth-order valence-corrected chi connectivity index (χ4v) is 1.65. The van der Waals surface area contributed by atoms with Crippen LogP contribution in [0.2, 0.25) is 0 Å². The van der Waals surface area contributed by atoms with Gasteiger partial charge in [0, 0.05) is 11.9 Å². The van der Waals surface area contributed by atoms with Crippen molar-refractivity contribution >= 4 is 5.69 Å². The number of rotatable bonds is 2. The highest BCUT2D eigenvalue weighted by Gasteiger charge is 2.13. The molecule has 0 radical (unpaired) electrons. The molecule has 1 unspecified atom stereocenters. The predicted octanol–water partition coefficient (Wildman–Crippen LogP) is 2.05. The van der Waals surface area contributed by atoms with Gasteiger partial charge in [-0.1, -0.05) is 12.1 Å². The van der Waals surface area contributed by atoms with E-state index in [1.54, 1.807) is 18.3 Å². The average Bonchev–Trinajstić information content (AvgIpc) is 2.32. The first-order valence-electron chi connectivity index (χ1n) is 5.13. The Morgan fingerprint density at radius 2 is 2.06 bits per heavy atom. The highest BCUT2D eigenvalue weighted by Crippen LogP contribution is 2.24. The molecule has 1 atom stereocenters. The molecule has 0 aliphatic heterocycles. The molecule has 0 saturated heterocycles. The Bertz CT molecular complexity index is 483. The molecule has 3 nitrogen and oxygen atoms in total. The van der Waals surface area contributed by atoms with E-state index in [9.17, 15) is 5.11 Å². The Kier molecular flexibility index (Phi) is 2.88. The van der Waals surface area contributed by atoms with Crippen LogP contribution < -0.4 is 5.73 Å². The zero-order valence-corrected chi connectivity index (χ0v) is 9.09. The molecule has 16 heavy (non-hydrogen) atoms. The number of aryl methyl sites for hydroxylation is 1. The molecule has 0 amide bonds. The summed E-state index contributed by atoms with van der Waals surface area (Å²) in [7, 11) is 0. The van der Waals surface area contributed by atoms with Gasteiger partial charge in [0.25, 0.3) is 0 Å². The number of nitrogens with zero attached hydrogens (tertiary/aromatic N) is 1. The van der Waals surface area contributed by atoms with E-state index in [1.807, 2.05) is 31.2 Å². The lowest BCUT2D eigenvalue weighted by molar-refractivity contribution is 0.214. The van der Waals surface area contributed by atoms with Crippen LogP contribution in [0.25, 0.3) is 0 Å². The minimum Gasteiger partial charge on any atom is -0.399 e. The number of pyridine rings is 1. The molecule has 0 aliphatic rings. The van der Waals surface area contributed by atoms with Crippen LogP contribution in [0.1, 0.15) is 22.9 Å². The van der Waals surface area contributed by atoms with E-state index in [4.69, 9.17) is 5.73 Å². The number of aromatic nitrogens is 1. The molecule has 0 aliphatic carbocycles.